The monoisotopic (exact) mass is 297 g/mol. The zero-order valence-electron chi connectivity index (χ0n) is 11.8. The van der Waals surface area contributed by atoms with Gasteiger partial charge in [0.05, 0.1) is 26.2 Å². The molecule has 116 valence electrons. The van der Waals surface area contributed by atoms with Crippen molar-refractivity contribution < 1.29 is 29.7 Å². The van der Waals surface area contributed by atoms with Crippen LogP contribution >= 0.6 is 0 Å². The number of aliphatic hydroxyl groups excluding tert-OH is 3. The minimum Gasteiger partial charge on any atom is -0.396 e. The van der Waals surface area contributed by atoms with Crippen molar-refractivity contribution in [2.24, 2.45) is 5.41 Å². The van der Waals surface area contributed by atoms with E-state index in [1.807, 2.05) is 0 Å². The van der Waals surface area contributed by atoms with Crippen molar-refractivity contribution in [3.63, 3.8) is 0 Å². The van der Waals surface area contributed by atoms with Crippen LogP contribution in [0.4, 0.5) is 0 Å². The highest BCUT2D eigenvalue weighted by atomic mass is 16.3. The number of rotatable bonds is 7. The Morgan fingerprint density at radius 2 is 1.81 bits per heavy atom. The Labute approximate surface area is 122 Å². The summed E-state index contributed by atoms with van der Waals surface area (Å²) in [5.41, 5.74) is -0.668. The summed E-state index contributed by atoms with van der Waals surface area (Å²) in [6.45, 7) is -0.0402. The number of amides is 1. The molecule has 0 fully saturated rings. The molecule has 4 N–H and O–H groups in total. The molecular formula is C14H19NO6. The van der Waals surface area contributed by atoms with Crippen LogP contribution in [0.3, 0.4) is 0 Å². The van der Waals surface area contributed by atoms with Crippen LogP contribution in [-0.2, 0) is 14.4 Å². The fourth-order valence-electron chi connectivity index (χ4n) is 1.91. The fourth-order valence-corrected chi connectivity index (χ4v) is 1.91. The highest BCUT2D eigenvalue weighted by Crippen LogP contribution is 2.21. The molecule has 0 unspecified atom stereocenters. The van der Waals surface area contributed by atoms with E-state index in [-0.39, 0.29) is 30.1 Å². The number of carbonyl (C=O) groups excluding carboxylic acids is 3. The topological polar surface area (TPSA) is 124 Å². The Morgan fingerprint density at radius 3 is 2.29 bits per heavy atom. The summed E-state index contributed by atoms with van der Waals surface area (Å²) in [7, 11) is 0. The summed E-state index contributed by atoms with van der Waals surface area (Å²) >= 11 is 0. The number of Topliss-reactive ketones (excluding diaryl/α,β-unsaturated/α-hetero) is 1. The highest BCUT2D eigenvalue weighted by Gasteiger charge is 2.30. The Bertz CT molecular complexity index is 493. The SMILES string of the molecule is CC1=C(/C=C/C(=O)CC(CO)(CO)CO)C(=O)CC(=O)N1. The summed E-state index contributed by atoms with van der Waals surface area (Å²) in [5.74, 6) is -1.21. The van der Waals surface area contributed by atoms with Crippen molar-refractivity contribution in [3.05, 3.63) is 23.4 Å². The molecule has 0 aromatic heterocycles. The normalized spacial score (nSPS) is 16.6. The van der Waals surface area contributed by atoms with Crippen LogP contribution < -0.4 is 5.32 Å². The lowest BCUT2D eigenvalue weighted by Gasteiger charge is -2.25. The van der Waals surface area contributed by atoms with Gasteiger partial charge in [-0.1, -0.05) is 0 Å². The number of hydrogen-bond acceptors (Lipinski definition) is 6. The molecule has 0 aliphatic carbocycles. The molecule has 0 aromatic rings. The largest absolute Gasteiger partial charge is 0.396 e. The first kappa shape index (κ1) is 17.2. The summed E-state index contributed by atoms with van der Waals surface area (Å²) in [6, 6.07) is 0. The average Bonchev–Trinajstić information content (AvgIpc) is 2.43. The minimum atomic E-state index is -1.28. The van der Waals surface area contributed by atoms with Crippen molar-refractivity contribution >= 4 is 17.5 Å². The van der Waals surface area contributed by atoms with Gasteiger partial charge in [-0.3, -0.25) is 14.4 Å². The Kier molecular flexibility index (Phi) is 5.95. The van der Waals surface area contributed by atoms with E-state index in [0.717, 1.165) is 6.08 Å². The zero-order chi connectivity index (χ0) is 16.0. The lowest BCUT2D eigenvalue weighted by atomic mass is 9.85. The summed E-state index contributed by atoms with van der Waals surface area (Å²) in [6.07, 6.45) is 1.93. The number of carbonyl (C=O) groups is 3. The van der Waals surface area contributed by atoms with E-state index >= 15 is 0 Å². The number of aliphatic hydroxyl groups is 3. The molecule has 0 bridgehead atoms. The minimum absolute atomic E-state index is 0.241. The van der Waals surface area contributed by atoms with Crippen LogP contribution in [0.2, 0.25) is 0 Å². The van der Waals surface area contributed by atoms with E-state index in [2.05, 4.69) is 5.32 Å². The first-order valence-corrected chi connectivity index (χ1v) is 6.45. The molecule has 1 heterocycles. The van der Waals surface area contributed by atoms with Gasteiger partial charge < -0.3 is 20.6 Å². The number of nitrogens with one attached hydrogen (secondary N) is 1. The maximum atomic E-state index is 11.8. The van der Waals surface area contributed by atoms with Crippen LogP contribution in [0, 0.1) is 5.41 Å². The van der Waals surface area contributed by atoms with E-state index < -0.39 is 31.0 Å². The van der Waals surface area contributed by atoms with Crippen molar-refractivity contribution in [1.29, 1.82) is 0 Å². The molecule has 7 nitrogen and oxygen atoms in total. The average molecular weight is 297 g/mol. The summed E-state index contributed by atoms with van der Waals surface area (Å²) in [5, 5.41) is 29.9. The van der Waals surface area contributed by atoms with Crippen LogP contribution in [0.1, 0.15) is 19.8 Å². The lowest BCUT2D eigenvalue weighted by molar-refractivity contribution is -0.127. The fraction of sp³-hybridized carbons (Fsp3) is 0.500. The predicted molar refractivity (Wildman–Crippen MR) is 72.9 cm³/mol. The quantitative estimate of drug-likeness (QED) is 0.347. The number of hydrogen-bond donors (Lipinski definition) is 4. The Balaban J connectivity index is 2.81. The molecule has 7 heteroatoms. The highest BCUT2D eigenvalue weighted by molar-refractivity contribution is 6.12. The second-order valence-corrected chi connectivity index (χ2v) is 5.14. The predicted octanol–water partition coefficient (Wildman–Crippen LogP) is -1.17. The van der Waals surface area contributed by atoms with Crippen molar-refractivity contribution in [2.45, 2.75) is 19.8 Å². The molecular weight excluding hydrogens is 278 g/mol. The van der Waals surface area contributed by atoms with Gasteiger partial charge >= 0.3 is 0 Å². The van der Waals surface area contributed by atoms with Gasteiger partial charge in [-0.05, 0) is 19.1 Å². The molecule has 0 aromatic carbocycles. The van der Waals surface area contributed by atoms with Gasteiger partial charge in [0.25, 0.3) is 0 Å². The third kappa shape index (κ3) is 4.32. The van der Waals surface area contributed by atoms with E-state index in [1.165, 1.54) is 6.08 Å². The lowest BCUT2D eigenvalue weighted by Crippen LogP contribution is -2.36. The van der Waals surface area contributed by atoms with Crippen LogP contribution in [0.5, 0.6) is 0 Å². The molecule has 1 amide bonds. The second kappa shape index (κ2) is 7.26. The number of ketones is 2. The molecule has 0 atom stereocenters. The van der Waals surface area contributed by atoms with E-state index in [0.29, 0.717) is 5.70 Å². The van der Waals surface area contributed by atoms with Crippen molar-refractivity contribution in [1.82, 2.24) is 5.32 Å². The van der Waals surface area contributed by atoms with E-state index in [4.69, 9.17) is 15.3 Å². The second-order valence-electron chi connectivity index (χ2n) is 5.14. The number of allylic oxidation sites excluding steroid dienone is 4. The summed E-state index contributed by atoms with van der Waals surface area (Å²) in [4.78, 5) is 34.6. The molecule has 0 radical (unpaired) electrons. The Hall–Kier alpha value is -1.83. The van der Waals surface area contributed by atoms with Gasteiger partial charge in [0.2, 0.25) is 5.91 Å². The third-order valence-electron chi connectivity index (χ3n) is 3.34. The first-order chi connectivity index (χ1) is 9.87. The van der Waals surface area contributed by atoms with Gasteiger partial charge in [-0.2, -0.15) is 0 Å². The van der Waals surface area contributed by atoms with Gasteiger partial charge in [0, 0.05) is 23.1 Å². The third-order valence-corrected chi connectivity index (χ3v) is 3.34. The van der Waals surface area contributed by atoms with E-state index in [1.54, 1.807) is 6.92 Å². The van der Waals surface area contributed by atoms with Crippen molar-refractivity contribution in [2.75, 3.05) is 19.8 Å². The molecule has 21 heavy (non-hydrogen) atoms. The molecule has 0 saturated carbocycles. The zero-order valence-corrected chi connectivity index (χ0v) is 11.8. The maximum absolute atomic E-state index is 11.8. The standard InChI is InChI=1S/C14H19NO6/c1-9-11(12(20)4-13(21)15-9)3-2-10(19)5-14(6-16,7-17)8-18/h2-3,16-18H,4-8H2,1H3,(H,15,21)/b3-2+. The van der Waals surface area contributed by atoms with Gasteiger partial charge in [-0.15, -0.1) is 0 Å². The Morgan fingerprint density at radius 1 is 1.24 bits per heavy atom. The van der Waals surface area contributed by atoms with Gasteiger partial charge in [0.1, 0.15) is 0 Å². The molecule has 0 spiro atoms. The van der Waals surface area contributed by atoms with E-state index in [9.17, 15) is 14.4 Å². The maximum Gasteiger partial charge on any atom is 0.231 e. The summed E-state index contributed by atoms with van der Waals surface area (Å²) < 4.78 is 0. The van der Waals surface area contributed by atoms with Gasteiger partial charge in [0.15, 0.2) is 11.6 Å². The van der Waals surface area contributed by atoms with Gasteiger partial charge in [-0.25, -0.2) is 0 Å². The molecule has 1 aliphatic heterocycles. The smallest absolute Gasteiger partial charge is 0.231 e. The molecule has 1 rings (SSSR count). The molecule has 0 saturated heterocycles. The van der Waals surface area contributed by atoms with Crippen LogP contribution in [0.25, 0.3) is 0 Å². The molecule has 1 aliphatic rings. The van der Waals surface area contributed by atoms with Crippen LogP contribution in [-0.4, -0.2) is 52.6 Å². The van der Waals surface area contributed by atoms with Crippen molar-refractivity contribution in [3.8, 4) is 0 Å². The van der Waals surface area contributed by atoms with Crippen LogP contribution in [0.15, 0.2) is 23.4 Å². The first-order valence-electron chi connectivity index (χ1n) is 6.45.